The first-order valence-corrected chi connectivity index (χ1v) is 17.9. The molecule has 1 aliphatic carbocycles. The smallest absolute Gasteiger partial charge is 0.0619 e. The molecule has 0 aliphatic heterocycles. The zero-order valence-corrected chi connectivity index (χ0v) is 28.1. The molecule has 0 bridgehead atoms. The Morgan fingerprint density at radius 2 is 1.06 bits per heavy atom. The molecule has 3 aromatic heterocycles. The van der Waals surface area contributed by atoms with Crippen LogP contribution in [0.5, 0.6) is 0 Å². The number of para-hydroxylation sites is 2. The summed E-state index contributed by atoms with van der Waals surface area (Å²) in [6.45, 7) is 0. The molecule has 1 aliphatic rings. The van der Waals surface area contributed by atoms with Crippen LogP contribution in [0.1, 0.15) is 0 Å². The minimum Gasteiger partial charge on any atom is -0.309 e. The van der Waals surface area contributed by atoms with Crippen molar-refractivity contribution >= 4 is 65.2 Å². The van der Waals surface area contributed by atoms with Crippen molar-refractivity contribution in [3.63, 3.8) is 0 Å². The summed E-state index contributed by atoms with van der Waals surface area (Å²) < 4.78 is 4.86. The van der Waals surface area contributed by atoms with Crippen molar-refractivity contribution in [1.82, 2.24) is 14.1 Å². The first-order chi connectivity index (χ1) is 25.8. The predicted molar refractivity (Wildman–Crippen MR) is 218 cm³/mol. The van der Waals surface area contributed by atoms with Gasteiger partial charge in [-0.15, -0.1) is 0 Å². The molecule has 0 fully saturated rings. The molecule has 0 spiro atoms. The number of fused-ring (bicyclic) bond motifs is 11. The zero-order valence-electron chi connectivity index (χ0n) is 28.1. The van der Waals surface area contributed by atoms with Crippen LogP contribution in [0.3, 0.4) is 0 Å². The van der Waals surface area contributed by atoms with Crippen LogP contribution in [0.15, 0.2) is 176 Å². The average molecular weight is 660 g/mol. The van der Waals surface area contributed by atoms with E-state index in [2.05, 4.69) is 178 Å². The van der Waals surface area contributed by atoms with Crippen LogP contribution < -0.4 is 0 Å². The van der Waals surface area contributed by atoms with E-state index in [-0.39, 0.29) is 0 Å². The van der Waals surface area contributed by atoms with Gasteiger partial charge in [-0.25, -0.2) is 0 Å². The third-order valence-corrected chi connectivity index (χ3v) is 11.3. The summed E-state index contributed by atoms with van der Waals surface area (Å²) in [6, 6.07) is 60.3. The number of hydrogen-bond acceptors (Lipinski definition) is 1. The van der Waals surface area contributed by atoms with Gasteiger partial charge in [0.1, 0.15) is 0 Å². The molecular formula is C49H29N3. The molecule has 0 atom stereocenters. The lowest BCUT2D eigenvalue weighted by Crippen LogP contribution is -1.94. The van der Waals surface area contributed by atoms with Crippen LogP contribution in [0.4, 0.5) is 0 Å². The van der Waals surface area contributed by atoms with Gasteiger partial charge in [-0.3, -0.25) is 4.98 Å². The molecule has 11 aromatic rings. The van der Waals surface area contributed by atoms with E-state index in [1.165, 1.54) is 104 Å². The Bertz CT molecular complexity index is 3280. The highest BCUT2D eigenvalue weighted by molar-refractivity contribution is 6.20. The van der Waals surface area contributed by atoms with E-state index in [4.69, 9.17) is 0 Å². The van der Waals surface area contributed by atoms with Gasteiger partial charge in [0, 0.05) is 67.0 Å². The molecular weight excluding hydrogens is 631 g/mol. The van der Waals surface area contributed by atoms with Crippen molar-refractivity contribution < 1.29 is 0 Å². The van der Waals surface area contributed by atoms with E-state index < -0.39 is 0 Å². The number of aromatic nitrogens is 3. The molecule has 0 saturated heterocycles. The highest BCUT2D eigenvalue weighted by atomic mass is 15.0. The normalized spacial score (nSPS) is 12.2. The summed E-state index contributed by atoms with van der Waals surface area (Å²) >= 11 is 0. The van der Waals surface area contributed by atoms with Crippen LogP contribution >= 0.6 is 0 Å². The second-order valence-corrected chi connectivity index (χ2v) is 14.0. The van der Waals surface area contributed by atoms with Gasteiger partial charge in [-0.05, 0) is 87.8 Å². The van der Waals surface area contributed by atoms with Crippen LogP contribution in [-0.4, -0.2) is 14.1 Å². The summed E-state index contributed by atoms with van der Waals surface area (Å²) in [4.78, 5) is 4.56. The Morgan fingerprint density at radius 1 is 0.346 bits per heavy atom. The Labute approximate surface area is 299 Å². The zero-order chi connectivity index (χ0) is 33.9. The number of pyridine rings is 1. The largest absolute Gasteiger partial charge is 0.309 e. The number of benzene rings is 8. The number of nitrogens with zero attached hydrogens (tertiary/aromatic N) is 3. The number of rotatable bonds is 3. The maximum Gasteiger partial charge on any atom is 0.0619 e. The van der Waals surface area contributed by atoms with Crippen LogP contribution in [0, 0.1) is 0 Å². The Balaban J connectivity index is 1.06. The van der Waals surface area contributed by atoms with E-state index in [0.717, 1.165) is 5.69 Å². The topological polar surface area (TPSA) is 22.8 Å². The molecule has 3 heteroatoms. The SMILES string of the molecule is c1ccc(-n2c3ccc(-c4ccc5c(c4)c4ccccc4n5-c4ccc5c(c4)-c4cccc6cncc-5c46)cc3c3ccc4ccccc4c32)cc1. The van der Waals surface area contributed by atoms with Gasteiger partial charge in [0.05, 0.1) is 22.1 Å². The van der Waals surface area contributed by atoms with Gasteiger partial charge in [-0.2, -0.15) is 0 Å². The van der Waals surface area contributed by atoms with Gasteiger partial charge in [0.25, 0.3) is 0 Å². The second-order valence-electron chi connectivity index (χ2n) is 14.0. The van der Waals surface area contributed by atoms with Gasteiger partial charge in [-0.1, -0.05) is 109 Å². The molecule has 8 aromatic carbocycles. The van der Waals surface area contributed by atoms with Gasteiger partial charge in [0.2, 0.25) is 0 Å². The Kier molecular flexibility index (Phi) is 5.50. The maximum absolute atomic E-state index is 4.56. The van der Waals surface area contributed by atoms with E-state index in [9.17, 15) is 0 Å². The highest BCUT2D eigenvalue weighted by Gasteiger charge is 2.23. The fourth-order valence-electron chi connectivity index (χ4n) is 9.03. The Hall–Kier alpha value is -6.97. The van der Waals surface area contributed by atoms with Crippen molar-refractivity contribution in [2.45, 2.75) is 0 Å². The van der Waals surface area contributed by atoms with Crippen molar-refractivity contribution in [2.75, 3.05) is 0 Å². The fraction of sp³-hybridized carbons (Fsp3) is 0. The molecule has 0 N–H and O–H groups in total. The average Bonchev–Trinajstić information content (AvgIpc) is 3.84. The second kappa shape index (κ2) is 10.3. The van der Waals surface area contributed by atoms with Gasteiger partial charge < -0.3 is 9.13 Å². The minimum atomic E-state index is 1.16. The lowest BCUT2D eigenvalue weighted by molar-refractivity contribution is 1.18. The molecule has 0 radical (unpaired) electrons. The quantitative estimate of drug-likeness (QED) is 0.185. The van der Waals surface area contributed by atoms with Gasteiger partial charge in [0.15, 0.2) is 0 Å². The van der Waals surface area contributed by atoms with E-state index >= 15 is 0 Å². The van der Waals surface area contributed by atoms with Crippen molar-refractivity contribution in [2.24, 2.45) is 0 Å². The van der Waals surface area contributed by atoms with Crippen LogP contribution in [0.25, 0.3) is 110 Å². The monoisotopic (exact) mass is 659 g/mol. The first-order valence-electron chi connectivity index (χ1n) is 17.9. The molecule has 3 nitrogen and oxygen atoms in total. The Morgan fingerprint density at radius 3 is 1.92 bits per heavy atom. The summed E-state index contributed by atoms with van der Waals surface area (Å²) in [5.41, 5.74) is 14.7. The van der Waals surface area contributed by atoms with E-state index in [0.29, 0.717) is 0 Å². The number of hydrogen-bond donors (Lipinski definition) is 0. The predicted octanol–water partition coefficient (Wildman–Crippen LogP) is 12.9. The molecule has 52 heavy (non-hydrogen) atoms. The lowest BCUT2D eigenvalue weighted by atomic mass is 10.00. The van der Waals surface area contributed by atoms with Crippen molar-refractivity contribution in [3.05, 3.63) is 176 Å². The van der Waals surface area contributed by atoms with Crippen LogP contribution in [-0.2, 0) is 0 Å². The fourth-order valence-corrected chi connectivity index (χ4v) is 9.03. The van der Waals surface area contributed by atoms with Crippen LogP contribution in [0.2, 0.25) is 0 Å². The van der Waals surface area contributed by atoms with E-state index in [1.54, 1.807) is 0 Å². The van der Waals surface area contributed by atoms with Gasteiger partial charge >= 0.3 is 0 Å². The van der Waals surface area contributed by atoms with Crippen molar-refractivity contribution in [3.8, 4) is 44.8 Å². The minimum absolute atomic E-state index is 1.16. The summed E-state index contributed by atoms with van der Waals surface area (Å²) in [6.07, 6.45) is 3.99. The summed E-state index contributed by atoms with van der Waals surface area (Å²) in [5.74, 6) is 0. The maximum atomic E-state index is 4.56. The molecule has 3 heterocycles. The first kappa shape index (κ1) is 27.8. The highest BCUT2D eigenvalue weighted by Crippen LogP contribution is 2.48. The molecule has 0 amide bonds. The van der Waals surface area contributed by atoms with E-state index in [1.807, 2.05) is 12.4 Å². The third-order valence-electron chi connectivity index (χ3n) is 11.3. The molecule has 0 unspecified atom stereocenters. The summed E-state index contributed by atoms with van der Waals surface area (Å²) in [7, 11) is 0. The molecule has 12 rings (SSSR count). The molecule has 0 saturated carbocycles. The third kappa shape index (κ3) is 3.72. The van der Waals surface area contributed by atoms with Crippen molar-refractivity contribution in [1.29, 1.82) is 0 Å². The molecule has 240 valence electrons. The summed E-state index contributed by atoms with van der Waals surface area (Å²) in [5, 5.41) is 10.0. The lowest BCUT2D eigenvalue weighted by Gasteiger charge is -2.11. The standard InChI is InChI=1S/C49H29N3/c1-2-11-34(12-3-1)52-47-24-19-32(26-43(47)40-21-17-30-9-4-5-13-36(30)49(40)52)31-18-23-46-42(25-31)38-14-6-7-16-45(38)51(46)35-20-22-37-41(27-35)39-15-8-10-33-28-50-29-44(37)48(33)39/h1-29H.